The Morgan fingerprint density at radius 1 is 0.500 bits per heavy atom. The number of carbonyl (C=O) groups is 1. The fourth-order valence-electron chi connectivity index (χ4n) is 1.09. The van der Waals surface area contributed by atoms with Gasteiger partial charge in [-0.25, -0.2) is 0 Å². The third-order valence-electron chi connectivity index (χ3n) is 2.58. The van der Waals surface area contributed by atoms with Crippen LogP contribution in [0, 0.1) is 0 Å². The van der Waals surface area contributed by atoms with Gasteiger partial charge in [0.2, 0.25) is 0 Å². The van der Waals surface area contributed by atoms with Gasteiger partial charge >= 0.3 is 90.6 Å². The zero-order valence-corrected chi connectivity index (χ0v) is 15.6. The van der Waals surface area contributed by atoms with Crippen molar-refractivity contribution in [3.63, 3.8) is 0 Å². The summed E-state index contributed by atoms with van der Waals surface area (Å²) in [5.74, 6) is -53.3. The second-order valence-electron chi connectivity index (χ2n) is 4.23. The maximum atomic E-state index is 12.8. The van der Waals surface area contributed by atoms with Crippen molar-refractivity contribution in [2.75, 3.05) is 0 Å². The van der Waals surface area contributed by atoms with E-state index < -0.39 is 47.7 Å². The molecule has 0 atom stereocenters. The summed E-state index contributed by atoms with van der Waals surface area (Å²) < 4.78 is 186. The Hall–Kier alpha value is -0.00857. The van der Waals surface area contributed by atoms with E-state index in [0.717, 1.165) is 0 Å². The van der Waals surface area contributed by atoms with E-state index in [9.17, 15) is 75.8 Å². The molecule has 0 spiro atoms. The van der Waals surface area contributed by atoms with Gasteiger partial charge in [-0.05, 0) is 0 Å². The molecule has 0 aromatic carbocycles. The summed E-state index contributed by atoms with van der Waals surface area (Å²) in [6, 6.07) is 0. The first kappa shape index (κ1) is 28.2. The molecule has 0 rings (SSSR count). The maximum Gasteiger partial charge on any atom is 2.00 e. The molecule has 0 aromatic rings. The average Bonchev–Trinajstić information content (AvgIpc) is 2.35. The van der Waals surface area contributed by atoms with E-state index in [0.29, 0.717) is 0 Å². The fraction of sp³-hybridized carbons (Fsp3) is 0.875. The van der Waals surface area contributed by atoms with Crippen LogP contribution < -0.4 is 5.11 Å². The molecule has 0 bridgehead atoms. The number of hydrogen-bond donors (Lipinski definition) is 0. The summed E-state index contributed by atoms with van der Waals surface area (Å²) in [6.07, 6.45) is -7.71. The van der Waals surface area contributed by atoms with Gasteiger partial charge in [0.1, 0.15) is 5.97 Å². The molecule has 26 heavy (non-hydrogen) atoms. The second kappa shape index (κ2) is 7.11. The number of rotatable bonds is 6. The van der Waals surface area contributed by atoms with Gasteiger partial charge in [0.25, 0.3) is 0 Å². The van der Waals surface area contributed by atoms with E-state index in [-0.39, 0.29) is 48.9 Å². The van der Waals surface area contributed by atoms with Gasteiger partial charge in [-0.15, -0.1) is 0 Å². The zero-order valence-electron chi connectivity index (χ0n) is 11.2. The number of carbonyl (C=O) groups excluding carboxylic acids is 1. The minimum atomic E-state index is -8.50. The molecule has 0 saturated carbocycles. The largest absolute Gasteiger partial charge is 2.00 e. The quantitative estimate of drug-likeness (QED) is 0.377. The Balaban J connectivity index is 0. The molecule has 150 valence electrons. The van der Waals surface area contributed by atoms with Crippen LogP contribution >= 0.6 is 0 Å². The van der Waals surface area contributed by atoms with Gasteiger partial charge in [-0.1, -0.05) is 0 Å². The Morgan fingerprint density at radius 2 is 0.731 bits per heavy atom. The first-order valence-electron chi connectivity index (χ1n) is 4.99. The van der Waals surface area contributed by atoms with Crippen LogP contribution in [0.1, 0.15) is 0 Å². The first-order valence-corrected chi connectivity index (χ1v) is 4.99. The van der Waals surface area contributed by atoms with Gasteiger partial charge < -0.3 is 9.90 Å². The summed E-state index contributed by atoms with van der Waals surface area (Å²) in [5.41, 5.74) is 0. The zero-order chi connectivity index (χ0) is 21.1. The Morgan fingerprint density at radius 3 is 0.962 bits per heavy atom. The van der Waals surface area contributed by atoms with Gasteiger partial charge in [-0.2, -0.15) is 65.9 Å². The number of carboxylic acids is 1. The Labute approximate surface area is 171 Å². The van der Waals surface area contributed by atoms with Crippen molar-refractivity contribution in [3.8, 4) is 0 Å². The number of alkyl halides is 15. The molecule has 0 aromatic heterocycles. The van der Waals surface area contributed by atoms with Crippen LogP contribution in [-0.2, 0) is 4.79 Å². The molecule has 0 amide bonds. The average molecular weight is 550 g/mol. The first-order chi connectivity index (χ1) is 10.4. The van der Waals surface area contributed by atoms with Crippen molar-refractivity contribution >= 4 is 54.9 Å². The third kappa shape index (κ3) is 3.52. The van der Waals surface area contributed by atoms with Gasteiger partial charge in [-0.3, -0.25) is 0 Å². The summed E-state index contributed by atoms with van der Waals surface area (Å²) in [7, 11) is 0. The van der Waals surface area contributed by atoms with Crippen LogP contribution in [0.15, 0.2) is 0 Å². The topological polar surface area (TPSA) is 40.1 Å². The standard InChI is InChI=1S/C8HF15O2.Ba/c9-2(10,1(24)25)3(11,12)4(13,14)5(15,16)6(17,18)7(19,20)8(21,22)23;/h(H,24,25);/q;+2/p-1. The third-order valence-corrected chi connectivity index (χ3v) is 2.58. The number of carboxylic acid groups (broad SMARTS) is 1. The minimum absolute atomic E-state index is 0. The van der Waals surface area contributed by atoms with Gasteiger partial charge in [0.05, 0.1) is 0 Å². The molecule has 0 saturated heterocycles. The van der Waals surface area contributed by atoms with E-state index in [1.54, 1.807) is 0 Å². The summed E-state index contributed by atoms with van der Waals surface area (Å²) in [5, 5.41) is 9.61. The predicted octanol–water partition coefficient (Wildman–Crippen LogP) is 2.73. The van der Waals surface area contributed by atoms with Crippen molar-refractivity contribution in [3.05, 3.63) is 0 Å². The normalized spacial score (nSPS) is 15.5. The van der Waals surface area contributed by atoms with Crippen LogP contribution in [0.4, 0.5) is 65.9 Å². The van der Waals surface area contributed by atoms with Crippen LogP contribution in [0.5, 0.6) is 0 Å². The minimum Gasteiger partial charge on any atom is -0.544 e. The van der Waals surface area contributed by atoms with E-state index in [2.05, 4.69) is 0 Å². The molecule has 0 heterocycles. The van der Waals surface area contributed by atoms with E-state index in [1.807, 2.05) is 0 Å². The number of hydrogen-bond acceptors (Lipinski definition) is 2. The summed E-state index contributed by atoms with van der Waals surface area (Å²) in [6.45, 7) is 0. The molecular weight excluding hydrogens is 550 g/mol. The van der Waals surface area contributed by atoms with Gasteiger partial charge in [0, 0.05) is 0 Å². The SMILES string of the molecule is O=C([O-])C(F)(F)C(F)(F)C(F)(F)C(F)(F)C(F)(F)C(F)(F)C(F)(F)F.[Ba+2]. The maximum absolute atomic E-state index is 12.8. The monoisotopic (exact) mass is 551 g/mol. The number of aliphatic carboxylic acids is 1. The van der Waals surface area contributed by atoms with E-state index in [1.165, 1.54) is 0 Å². The molecular formula is C8BaF15O2+. The summed E-state index contributed by atoms with van der Waals surface area (Å²) >= 11 is 0. The van der Waals surface area contributed by atoms with Crippen molar-refractivity contribution in [2.24, 2.45) is 0 Å². The van der Waals surface area contributed by atoms with Crippen molar-refractivity contribution < 1.29 is 75.8 Å². The van der Waals surface area contributed by atoms with E-state index >= 15 is 0 Å². The summed E-state index contributed by atoms with van der Waals surface area (Å²) in [4.78, 5) is 9.61. The molecule has 18 heteroatoms. The fourth-order valence-corrected chi connectivity index (χ4v) is 1.09. The van der Waals surface area contributed by atoms with E-state index in [4.69, 9.17) is 0 Å². The smallest absolute Gasteiger partial charge is 0.544 e. The van der Waals surface area contributed by atoms with Crippen molar-refractivity contribution in [2.45, 2.75) is 41.7 Å². The van der Waals surface area contributed by atoms with Crippen LogP contribution in [0.2, 0.25) is 0 Å². The van der Waals surface area contributed by atoms with Crippen molar-refractivity contribution in [1.29, 1.82) is 0 Å². The molecule has 0 unspecified atom stereocenters. The second-order valence-corrected chi connectivity index (χ2v) is 4.23. The molecule has 0 aliphatic carbocycles. The molecule has 0 fully saturated rings. The predicted molar refractivity (Wildman–Crippen MR) is 46.5 cm³/mol. The van der Waals surface area contributed by atoms with Gasteiger partial charge in [0.15, 0.2) is 0 Å². The molecule has 2 nitrogen and oxygen atoms in total. The van der Waals surface area contributed by atoms with Crippen molar-refractivity contribution in [1.82, 2.24) is 0 Å². The Bertz CT molecular complexity index is 536. The van der Waals surface area contributed by atoms with Crippen LogP contribution in [-0.4, -0.2) is 96.6 Å². The molecule has 0 aliphatic heterocycles. The van der Waals surface area contributed by atoms with Crippen LogP contribution in [0.3, 0.4) is 0 Å². The molecule has 0 aliphatic rings. The Kier molecular flexibility index (Phi) is 7.71. The van der Waals surface area contributed by atoms with Crippen LogP contribution in [0.25, 0.3) is 0 Å². The number of halogens is 15. The molecule has 0 radical (unpaired) electrons. The molecule has 0 N–H and O–H groups in total.